The highest BCUT2D eigenvalue weighted by Gasteiger charge is 2.26. The molecular weight excluding hydrogens is 415 g/mol. The molecule has 0 amide bonds. The summed E-state index contributed by atoms with van der Waals surface area (Å²) in [5.74, 6) is 0.324. The predicted molar refractivity (Wildman–Crippen MR) is 112 cm³/mol. The molecule has 0 bridgehead atoms. The van der Waals surface area contributed by atoms with Gasteiger partial charge >= 0.3 is 0 Å². The van der Waals surface area contributed by atoms with Crippen molar-refractivity contribution in [1.82, 2.24) is 29.1 Å². The van der Waals surface area contributed by atoms with Gasteiger partial charge in [-0.1, -0.05) is 11.2 Å². The van der Waals surface area contributed by atoms with Crippen LogP contribution in [0, 0.1) is 5.82 Å². The molecule has 0 spiro atoms. The van der Waals surface area contributed by atoms with Gasteiger partial charge in [-0.2, -0.15) is 4.98 Å². The van der Waals surface area contributed by atoms with Crippen LogP contribution >= 0.6 is 0 Å². The van der Waals surface area contributed by atoms with Gasteiger partial charge in [0.1, 0.15) is 17.7 Å². The Kier molecular flexibility index (Phi) is 4.32. The van der Waals surface area contributed by atoms with E-state index in [9.17, 15) is 9.18 Å². The van der Waals surface area contributed by atoms with E-state index in [0.717, 1.165) is 6.42 Å². The van der Waals surface area contributed by atoms with Crippen molar-refractivity contribution in [2.75, 3.05) is 13.2 Å². The molecular formula is C22H17FN6O3. The average molecular weight is 432 g/mol. The van der Waals surface area contributed by atoms with Crippen LogP contribution in [-0.4, -0.2) is 42.3 Å². The van der Waals surface area contributed by atoms with Crippen molar-refractivity contribution in [1.29, 1.82) is 0 Å². The summed E-state index contributed by atoms with van der Waals surface area (Å²) in [6.45, 7) is 1.37. The fraction of sp³-hybridized carbons (Fsp3) is 0.227. The Hall–Kier alpha value is -3.92. The van der Waals surface area contributed by atoms with E-state index in [-0.39, 0.29) is 35.1 Å². The second kappa shape index (κ2) is 7.34. The summed E-state index contributed by atoms with van der Waals surface area (Å²) in [4.78, 5) is 26.8. The third kappa shape index (κ3) is 2.99. The molecule has 1 unspecified atom stereocenters. The molecule has 1 atom stereocenters. The largest absolute Gasteiger partial charge is 0.381 e. The van der Waals surface area contributed by atoms with Crippen LogP contribution in [0.1, 0.15) is 23.9 Å². The number of aromatic nitrogens is 6. The lowest BCUT2D eigenvalue weighted by atomic mass is 10.1. The van der Waals surface area contributed by atoms with Crippen LogP contribution in [0.5, 0.6) is 0 Å². The lowest BCUT2D eigenvalue weighted by Crippen LogP contribution is -2.24. The number of ether oxygens (including phenoxy) is 1. The number of rotatable bonds is 4. The first-order chi connectivity index (χ1) is 15.7. The van der Waals surface area contributed by atoms with E-state index in [0.29, 0.717) is 35.8 Å². The van der Waals surface area contributed by atoms with E-state index < -0.39 is 5.82 Å². The summed E-state index contributed by atoms with van der Waals surface area (Å²) in [7, 11) is 0. The van der Waals surface area contributed by atoms with E-state index in [1.54, 1.807) is 22.7 Å². The molecule has 0 aliphatic carbocycles. The molecule has 0 radical (unpaired) electrons. The fourth-order valence-electron chi connectivity index (χ4n) is 4.09. The second-order valence-corrected chi connectivity index (χ2v) is 7.68. The van der Waals surface area contributed by atoms with Gasteiger partial charge in [-0.25, -0.2) is 9.37 Å². The molecule has 1 aliphatic heterocycles. The van der Waals surface area contributed by atoms with E-state index in [4.69, 9.17) is 9.26 Å². The van der Waals surface area contributed by atoms with Crippen LogP contribution < -0.4 is 5.56 Å². The molecule has 160 valence electrons. The Bertz CT molecular complexity index is 1500. The minimum Gasteiger partial charge on any atom is -0.381 e. The number of imidazole rings is 1. The number of halogens is 1. The third-order valence-corrected chi connectivity index (χ3v) is 5.69. The number of hydrogen-bond donors (Lipinski definition) is 0. The molecule has 32 heavy (non-hydrogen) atoms. The molecule has 1 saturated heterocycles. The standard InChI is InChI=1S/C22H17FN6O3/c23-14-4-5-16-17(9-14)28(10-15-3-1-2-7-24-15)22(30)19-18(25-12-29(16)19)21-26-20(27-32-21)13-6-8-31-11-13/h1-5,7,9,12-13H,6,8,10-11H2. The zero-order valence-corrected chi connectivity index (χ0v) is 16.8. The molecule has 9 nitrogen and oxygen atoms in total. The zero-order chi connectivity index (χ0) is 21.7. The Labute approximate surface area is 180 Å². The third-order valence-electron chi connectivity index (χ3n) is 5.69. The Morgan fingerprint density at radius 1 is 1.16 bits per heavy atom. The SMILES string of the molecule is O=c1c2c(-c3nc(C4CCOC4)no3)ncn2c2ccc(F)cc2n1Cc1ccccn1. The van der Waals surface area contributed by atoms with Crippen LogP contribution in [0.2, 0.25) is 0 Å². The minimum absolute atomic E-state index is 0.0611. The smallest absolute Gasteiger partial charge is 0.278 e. The van der Waals surface area contributed by atoms with Crippen LogP contribution in [0.25, 0.3) is 28.1 Å². The van der Waals surface area contributed by atoms with Crippen LogP contribution in [0.15, 0.2) is 58.2 Å². The first kappa shape index (κ1) is 18.8. The quantitative estimate of drug-likeness (QED) is 0.430. The van der Waals surface area contributed by atoms with Crippen molar-refractivity contribution in [2.45, 2.75) is 18.9 Å². The van der Waals surface area contributed by atoms with E-state index >= 15 is 0 Å². The van der Waals surface area contributed by atoms with Crippen molar-refractivity contribution >= 4 is 16.6 Å². The summed E-state index contributed by atoms with van der Waals surface area (Å²) >= 11 is 0. The summed E-state index contributed by atoms with van der Waals surface area (Å²) < 4.78 is 28.1. The maximum absolute atomic E-state index is 14.1. The van der Waals surface area contributed by atoms with Gasteiger partial charge in [-0.3, -0.25) is 18.7 Å². The van der Waals surface area contributed by atoms with Gasteiger partial charge < -0.3 is 9.26 Å². The van der Waals surface area contributed by atoms with Gasteiger partial charge in [0.25, 0.3) is 11.4 Å². The molecule has 10 heteroatoms. The summed E-state index contributed by atoms with van der Waals surface area (Å²) in [6.07, 6.45) is 3.98. The fourth-order valence-corrected chi connectivity index (χ4v) is 4.09. The zero-order valence-electron chi connectivity index (χ0n) is 16.8. The first-order valence-corrected chi connectivity index (χ1v) is 10.2. The molecule has 4 aromatic heterocycles. The Morgan fingerprint density at radius 2 is 2.09 bits per heavy atom. The molecule has 0 N–H and O–H groups in total. The van der Waals surface area contributed by atoms with Gasteiger partial charge in [-0.15, -0.1) is 0 Å². The molecule has 0 saturated carbocycles. The van der Waals surface area contributed by atoms with Crippen molar-refractivity contribution < 1.29 is 13.7 Å². The van der Waals surface area contributed by atoms with Crippen LogP contribution in [0.4, 0.5) is 4.39 Å². The Morgan fingerprint density at radius 3 is 2.91 bits per heavy atom. The highest BCUT2D eigenvalue weighted by molar-refractivity contribution is 5.83. The van der Waals surface area contributed by atoms with Crippen molar-refractivity contribution in [2.24, 2.45) is 0 Å². The number of nitrogens with zero attached hydrogens (tertiary/aromatic N) is 6. The number of fused-ring (bicyclic) bond motifs is 3. The van der Waals surface area contributed by atoms with E-state index in [1.165, 1.54) is 23.0 Å². The van der Waals surface area contributed by atoms with E-state index in [1.807, 2.05) is 12.1 Å². The molecule has 5 aromatic rings. The number of pyridine rings is 1. The van der Waals surface area contributed by atoms with E-state index in [2.05, 4.69) is 20.1 Å². The summed E-state index contributed by atoms with van der Waals surface area (Å²) in [5.41, 5.74) is 1.94. The first-order valence-electron chi connectivity index (χ1n) is 10.2. The van der Waals surface area contributed by atoms with Gasteiger partial charge in [0.2, 0.25) is 0 Å². The van der Waals surface area contributed by atoms with Gasteiger partial charge in [0, 0.05) is 18.7 Å². The number of hydrogen-bond acceptors (Lipinski definition) is 7. The Balaban J connectivity index is 1.57. The predicted octanol–water partition coefficient (Wildman–Crippen LogP) is 2.79. The highest BCUT2D eigenvalue weighted by atomic mass is 19.1. The van der Waals surface area contributed by atoms with Crippen LogP contribution in [0.3, 0.4) is 0 Å². The van der Waals surface area contributed by atoms with Gasteiger partial charge in [0.15, 0.2) is 11.5 Å². The van der Waals surface area contributed by atoms with Crippen molar-refractivity contribution in [3.8, 4) is 11.6 Å². The van der Waals surface area contributed by atoms with Crippen molar-refractivity contribution in [3.63, 3.8) is 0 Å². The second-order valence-electron chi connectivity index (χ2n) is 7.68. The van der Waals surface area contributed by atoms with Gasteiger partial charge in [-0.05, 0) is 36.8 Å². The normalized spacial score (nSPS) is 16.3. The summed E-state index contributed by atoms with van der Waals surface area (Å²) in [5, 5.41) is 4.07. The molecule has 5 heterocycles. The molecule has 6 rings (SSSR count). The maximum Gasteiger partial charge on any atom is 0.278 e. The van der Waals surface area contributed by atoms with Crippen molar-refractivity contribution in [3.05, 3.63) is 76.6 Å². The highest BCUT2D eigenvalue weighted by Crippen LogP contribution is 2.27. The monoisotopic (exact) mass is 432 g/mol. The van der Waals surface area contributed by atoms with Gasteiger partial charge in [0.05, 0.1) is 29.9 Å². The lowest BCUT2D eigenvalue weighted by Gasteiger charge is -2.12. The average Bonchev–Trinajstić information content (AvgIpc) is 3.57. The minimum atomic E-state index is -0.438. The maximum atomic E-state index is 14.1. The van der Waals surface area contributed by atoms with Crippen LogP contribution in [-0.2, 0) is 11.3 Å². The number of benzene rings is 1. The molecule has 1 aromatic carbocycles. The summed E-state index contributed by atoms with van der Waals surface area (Å²) in [6, 6.07) is 9.75. The molecule has 1 fully saturated rings. The topological polar surface area (TPSA) is 100 Å². The lowest BCUT2D eigenvalue weighted by molar-refractivity contribution is 0.192. The molecule has 1 aliphatic rings.